The van der Waals surface area contributed by atoms with Gasteiger partial charge in [0.05, 0.1) is 11.4 Å². The number of halogens is 1. The van der Waals surface area contributed by atoms with Gasteiger partial charge in [0.25, 0.3) is 0 Å². The van der Waals surface area contributed by atoms with Gasteiger partial charge < -0.3 is 0 Å². The van der Waals surface area contributed by atoms with Crippen molar-refractivity contribution in [2.75, 3.05) is 5.88 Å². The van der Waals surface area contributed by atoms with Gasteiger partial charge in [0.2, 0.25) is 0 Å². The van der Waals surface area contributed by atoms with Crippen molar-refractivity contribution >= 4 is 34.0 Å². The summed E-state index contributed by atoms with van der Waals surface area (Å²) in [5.41, 5.74) is 4.73. The van der Waals surface area contributed by atoms with Crippen LogP contribution < -0.4 is 0 Å². The Kier molecular flexibility index (Phi) is 3.36. The van der Waals surface area contributed by atoms with E-state index in [0.717, 1.165) is 17.1 Å². The normalized spacial score (nSPS) is 12.6. The fourth-order valence-electron chi connectivity index (χ4n) is 1.72. The van der Waals surface area contributed by atoms with Crippen LogP contribution in [0.1, 0.15) is 30.4 Å². The third kappa shape index (κ3) is 1.89. The number of allylic oxidation sites excluding steroid dienone is 1. The second kappa shape index (κ2) is 4.60. The monoisotopic (exact) mass is 254 g/mol. The predicted molar refractivity (Wildman–Crippen MR) is 71.5 cm³/mol. The molecule has 0 N–H and O–H groups in total. The van der Waals surface area contributed by atoms with Gasteiger partial charge >= 0.3 is 0 Å². The summed E-state index contributed by atoms with van der Waals surface area (Å²) in [6.45, 7) is 6.28. The van der Waals surface area contributed by atoms with E-state index in [0.29, 0.717) is 5.88 Å². The minimum Gasteiger partial charge on any atom is -0.288 e. The van der Waals surface area contributed by atoms with Crippen molar-refractivity contribution < 1.29 is 0 Å². The van der Waals surface area contributed by atoms with E-state index in [2.05, 4.69) is 34.7 Å². The molecule has 4 heteroatoms. The predicted octanol–water partition coefficient (Wildman–Crippen LogP) is 4.04. The first-order valence-corrected chi connectivity index (χ1v) is 6.77. The fraction of sp³-hybridized carbons (Fsp3) is 0.417. The number of alkyl halides is 1. The maximum absolute atomic E-state index is 5.91. The van der Waals surface area contributed by atoms with Gasteiger partial charge in [-0.05, 0) is 26.3 Å². The molecule has 86 valence electrons. The van der Waals surface area contributed by atoms with Gasteiger partial charge in [0, 0.05) is 17.0 Å². The van der Waals surface area contributed by atoms with Crippen LogP contribution in [-0.2, 0) is 0 Å². The third-order valence-electron chi connectivity index (χ3n) is 2.72. The SMILES string of the molecule is CCC(=Cc1c(C)nc2scc(C)n12)CCl. The molecule has 0 aliphatic heterocycles. The van der Waals surface area contributed by atoms with E-state index in [1.54, 1.807) is 11.3 Å². The molecule has 0 aliphatic carbocycles. The van der Waals surface area contributed by atoms with Crippen LogP contribution in [-0.4, -0.2) is 15.3 Å². The molecule has 2 nitrogen and oxygen atoms in total. The first-order valence-electron chi connectivity index (χ1n) is 5.36. The zero-order valence-corrected chi connectivity index (χ0v) is 11.3. The molecule has 2 aromatic rings. The van der Waals surface area contributed by atoms with Gasteiger partial charge in [0.15, 0.2) is 4.96 Å². The lowest BCUT2D eigenvalue weighted by molar-refractivity contribution is 1.08. The second-order valence-corrected chi connectivity index (χ2v) is 4.97. The van der Waals surface area contributed by atoms with E-state index in [9.17, 15) is 0 Å². The Morgan fingerprint density at radius 1 is 1.56 bits per heavy atom. The first-order chi connectivity index (χ1) is 7.67. The molecule has 0 amide bonds. The average Bonchev–Trinajstić information content (AvgIpc) is 2.77. The minimum atomic E-state index is 0.590. The highest BCUT2D eigenvalue weighted by Crippen LogP contribution is 2.23. The maximum Gasteiger partial charge on any atom is 0.194 e. The van der Waals surface area contributed by atoms with E-state index in [1.807, 2.05) is 6.92 Å². The minimum absolute atomic E-state index is 0.590. The third-order valence-corrected chi connectivity index (χ3v) is 4.01. The first kappa shape index (κ1) is 11.7. The molecule has 0 saturated carbocycles. The zero-order valence-electron chi connectivity index (χ0n) is 9.75. The smallest absolute Gasteiger partial charge is 0.194 e. The average molecular weight is 255 g/mol. The molecule has 0 spiro atoms. The summed E-state index contributed by atoms with van der Waals surface area (Å²) in [7, 11) is 0. The van der Waals surface area contributed by atoms with E-state index >= 15 is 0 Å². The largest absolute Gasteiger partial charge is 0.288 e. The summed E-state index contributed by atoms with van der Waals surface area (Å²) in [6.07, 6.45) is 3.15. The molecule has 16 heavy (non-hydrogen) atoms. The molecule has 0 bridgehead atoms. The van der Waals surface area contributed by atoms with Crippen molar-refractivity contribution in [1.29, 1.82) is 0 Å². The summed E-state index contributed by atoms with van der Waals surface area (Å²) < 4.78 is 2.20. The molecule has 2 aromatic heterocycles. The number of hydrogen-bond acceptors (Lipinski definition) is 2. The zero-order chi connectivity index (χ0) is 11.7. The molecular weight excluding hydrogens is 240 g/mol. The highest BCUT2D eigenvalue weighted by atomic mass is 35.5. The van der Waals surface area contributed by atoms with Crippen LogP contribution >= 0.6 is 22.9 Å². The standard InChI is InChI=1S/C12H15ClN2S/c1-4-10(6-13)5-11-9(3)14-12-15(11)8(2)7-16-12/h5,7H,4,6H2,1-3H3. The van der Waals surface area contributed by atoms with E-state index in [-0.39, 0.29) is 0 Å². The van der Waals surface area contributed by atoms with Crippen LogP contribution in [0.2, 0.25) is 0 Å². The van der Waals surface area contributed by atoms with Gasteiger partial charge in [-0.25, -0.2) is 4.98 Å². The van der Waals surface area contributed by atoms with Crippen molar-refractivity contribution in [1.82, 2.24) is 9.38 Å². The van der Waals surface area contributed by atoms with Gasteiger partial charge in [-0.2, -0.15) is 0 Å². The van der Waals surface area contributed by atoms with Crippen LogP contribution in [0.4, 0.5) is 0 Å². The van der Waals surface area contributed by atoms with Crippen molar-refractivity contribution in [3.63, 3.8) is 0 Å². The Balaban J connectivity index is 2.62. The van der Waals surface area contributed by atoms with Crippen molar-refractivity contribution in [3.05, 3.63) is 28.0 Å². The maximum atomic E-state index is 5.91. The number of fused-ring (bicyclic) bond motifs is 1. The fourth-order valence-corrected chi connectivity index (χ4v) is 2.91. The lowest BCUT2D eigenvalue weighted by Crippen LogP contribution is -1.91. The van der Waals surface area contributed by atoms with Gasteiger partial charge in [-0.1, -0.05) is 12.5 Å². The Bertz CT molecular complexity index is 530. The lowest BCUT2D eigenvalue weighted by Gasteiger charge is -2.01. The molecule has 0 aliphatic rings. The molecule has 0 radical (unpaired) electrons. The summed E-state index contributed by atoms with van der Waals surface area (Å²) >= 11 is 7.59. The number of hydrogen-bond donors (Lipinski definition) is 0. The van der Waals surface area contributed by atoms with E-state index in [1.165, 1.54) is 17.0 Å². The molecule has 0 saturated heterocycles. The molecule has 0 unspecified atom stereocenters. The van der Waals surface area contributed by atoms with Crippen LogP contribution in [0.25, 0.3) is 11.0 Å². The second-order valence-electron chi connectivity index (χ2n) is 3.87. The Hall–Kier alpha value is -0.800. The highest BCUT2D eigenvalue weighted by Gasteiger charge is 2.10. The Morgan fingerprint density at radius 3 is 2.94 bits per heavy atom. The van der Waals surface area contributed by atoms with Gasteiger partial charge in [-0.15, -0.1) is 22.9 Å². The number of rotatable bonds is 3. The van der Waals surface area contributed by atoms with E-state index < -0.39 is 0 Å². The van der Waals surface area contributed by atoms with Crippen LogP contribution in [0.15, 0.2) is 11.0 Å². The summed E-state index contributed by atoms with van der Waals surface area (Å²) in [5.74, 6) is 0.590. The molecule has 0 aromatic carbocycles. The van der Waals surface area contributed by atoms with Gasteiger partial charge in [-0.3, -0.25) is 4.40 Å². The number of thiazole rings is 1. The number of aromatic nitrogens is 2. The van der Waals surface area contributed by atoms with Crippen molar-refractivity contribution in [2.24, 2.45) is 0 Å². The molecule has 0 fully saturated rings. The van der Waals surface area contributed by atoms with E-state index in [4.69, 9.17) is 11.6 Å². The lowest BCUT2D eigenvalue weighted by atomic mass is 10.2. The summed E-state index contributed by atoms with van der Waals surface area (Å²) in [4.78, 5) is 5.61. The van der Waals surface area contributed by atoms with Crippen LogP contribution in [0, 0.1) is 13.8 Å². The Morgan fingerprint density at radius 2 is 2.31 bits per heavy atom. The quantitative estimate of drug-likeness (QED) is 0.756. The van der Waals surface area contributed by atoms with Gasteiger partial charge in [0.1, 0.15) is 0 Å². The number of aryl methyl sites for hydroxylation is 2. The van der Waals surface area contributed by atoms with Crippen LogP contribution in [0.3, 0.4) is 0 Å². The molecule has 2 heterocycles. The molecule has 2 rings (SSSR count). The van der Waals surface area contributed by atoms with Crippen molar-refractivity contribution in [2.45, 2.75) is 27.2 Å². The Labute approximate surface area is 105 Å². The van der Waals surface area contributed by atoms with Crippen molar-refractivity contribution in [3.8, 4) is 0 Å². The summed E-state index contributed by atoms with van der Waals surface area (Å²) in [6, 6.07) is 0. The number of nitrogens with zero attached hydrogens (tertiary/aromatic N) is 2. The topological polar surface area (TPSA) is 17.3 Å². The molecular formula is C12H15ClN2S. The number of imidazole rings is 1. The summed E-state index contributed by atoms with van der Waals surface area (Å²) in [5, 5.41) is 2.13. The molecule has 0 atom stereocenters. The highest BCUT2D eigenvalue weighted by molar-refractivity contribution is 7.15. The van der Waals surface area contributed by atoms with Crippen LogP contribution in [0.5, 0.6) is 0 Å².